The summed E-state index contributed by atoms with van der Waals surface area (Å²) < 4.78 is 7.70. The van der Waals surface area contributed by atoms with Crippen LogP contribution in [0.2, 0.25) is 0 Å². The van der Waals surface area contributed by atoms with E-state index in [9.17, 15) is 19.2 Å². The van der Waals surface area contributed by atoms with Gasteiger partial charge in [0.1, 0.15) is 11.2 Å². The third kappa shape index (κ3) is 4.54. The van der Waals surface area contributed by atoms with E-state index in [1.165, 1.54) is 22.0 Å². The number of carbonyl (C=O) groups excluding carboxylic acids is 2. The normalized spacial score (nSPS) is 13.5. The topological polar surface area (TPSA) is 116 Å². The van der Waals surface area contributed by atoms with Crippen molar-refractivity contribution >= 4 is 44.4 Å². The molecule has 4 rings (SSSR count). The van der Waals surface area contributed by atoms with Crippen LogP contribution in [0.4, 0.5) is 10.8 Å². The number of benzene rings is 1. The molecule has 1 saturated heterocycles. The quantitative estimate of drug-likeness (QED) is 0.525. The van der Waals surface area contributed by atoms with Crippen LogP contribution in [0.1, 0.15) is 37.0 Å². The number of nitrogens with one attached hydrogen (secondary N) is 1. The van der Waals surface area contributed by atoms with Gasteiger partial charge in [-0.05, 0) is 44.9 Å². The van der Waals surface area contributed by atoms with Crippen molar-refractivity contribution in [1.82, 2.24) is 14.1 Å². The molecule has 1 aliphatic rings. The second-order valence-electron chi connectivity index (χ2n) is 7.61. The molecule has 33 heavy (non-hydrogen) atoms. The fraction of sp³-hybridized carbons (Fsp3) is 0.409. The standard InChI is InChI=1S/C22H25N5O5S/c1-3-26-19(29)17-18(24-21(33-17)25-10-5-6-11-25)27(22(26)31)13-16(28)23-15-9-7-8-14(12-15)20(30)32-4-2/h7-9,12H,3-6,10-11,13H2,1-2H3,(H,23,28). The van der Waals surface area contributed by atoms with Gasteiger partial charge in [-0.2, -0.15) is 0 Å². The lowest BCUT2D eigenvalue weighted by atomic mass is 10.2. The summed E-state index contributed by atoms with van der Waals surface area (Å²) >= 11 is 1.25. The number of nitrogens with zero attached hydrogens (tertiary/aromatic N) is 4. The zero-order chi connectivity index (χ0) is 23.5. The molecule has 0 bridgehead atoms. The molecule has 1 N–H and O–H groups in total. The number of amides is 1. The maximum Gasteiger partial charge on any atom is 0.338 e. The second-order valence-corrected chi connectivity index (χ2v) is 8.59. The van der Waals surface area contributed by atoms with E-state index in [0.29, 0.717) is 21.1 Å². The Balaban J connectivity index is 1.66. The van der Waals surface area contributed by atoms with Gasteiger partial charge in [0.15, 0.2) is 10.8 Å². The molecule has 1 amide bonds. The summed E-state index contributed by atoms with van der Waals surface area (Å²) in [4.78, 5) is 57.3. The Morgan fingerprint density at radius 3 is 2.61 bits per heavy atom. The Bertz CT molecular complexity index is 1320. The second kappa shape index (κ2) is 9.57. The van der Waals surface area contributed by atoms with Crippen LogP contribution in [-0.2, 0) is 22.6 Å². The van der Waals surface area contributed by atoms with Crippen molar-refractivity contribution in [3.8, 4) is 0 Å². The largest absolute Gasteiger partial charge is 0.462 e. The zero-order valence-corrected chi connectivity index (χ0v) is 19.3. The summed E-state index contributed by atoms with van der Waals surface area (Å²) in [5.74, 6) is -0.963. The number of ether oxygens (including phenoxy) is 1. The first-order valence-corrected chi connectivity index (χ1v) is 11.7. The van der Waals surface area contributed by atoms with E-state index in [1.54, 1.807) is 32.0 Å². The summed E-state index contributed by atoms with van der Waals surface area (Å²) in [5, 5.41) is 3.39. The molecule has 2 aromatic heterocycles. The SMILES string of the molecule is CCOC(=O)c1cccc(NC(=O)Cn2c(=O)n(CC)c(=O)c3sc(N4CCCC4)nc32)c1. The Hall–Kier alpha value is -3.47. The fourth-order valence-electron chi connectivity index (χ4n) is 3.82. The third-order valence-electron chi connectivity index (χ3n) is 5.41. The summed E-state index contributed by atoms with van der Waals surface area (Å²) in [5.41, 5.74) is -0.0434. The molecule has 174 valence electrons. The summed E-state index contributed by atoms with van der Waals surface area (Å²) in [6.07, 6.45) is 2.10. The smallest absolute Gasteiger partial charge is 0.338 e. The predicted octanol–water partition coefficient (Wildman–Crippen LogP) is 2.06. The van der Waals surface area contributed by atoms with E-state index in [-0.39, 0.29) is 30.9 Å². The lowest BCUT2D eigenvalue weighted by Crippen LogP contribution is -2.41. The van der Waals surface area contributed by atoms with Crippen molar-refractivity contribution in [3.63, 3.8) is 0 Å². The molecule has 3 heterocycles. The molecule has 0 spiro atoms. The maximum atomic E-state index is 13.0. The molecule has 10 nitrogen and oxygen atoms in total. The molecule has 0 saturated carbocycles. The van der Waals surface area contributed by atoms with Crippen molar-refractivity contribution in [1.29, 1.82) is 0 Å². The predicted molar refractivity (Wildman–Crippen MR) is 126 cm³/mol. The number of aromatic nitrogens is 3. The van der Waals surface area contributed by atoms with Crippen molar-refractivity contribution in [2.24, 2.45) is 0 Å². The minimum atomic E-state index is -0.580. The average Bonchev–Trinajstić information content (AvgIpc) is 3.48. The van der Waals surface area contributed by atoms with Crippen LogP contribution >= 0.6 is 11.3 Å². The van der Waals surface area contributed by atoms with Gasteiger partial charge in [-0.15, -0.1) is 0 Å². The van der Waals surface area contributed by atoms with Crippen LogP contribution < -0.4 is 21.5 Å². The number of thiazole rings is 1. The highest BCUT2D eigenvalue weighted by Gasteiger charge is 2.23. The number of anilines is 2. The van der Waals surface area contributed by atoms with Gasteiger partial charge in [-0.25, -0.2) is 14.6 Å². The van der Waals surface area contributed by atoms with Crippen LogP contribution in [0.3, 0.4) is 0 Å². The Kier molecular flexibility index (Phi) is 6.59. The van der Waals surface area contributed by atoms with Gasteiger partial charge >= 0.3 is 11.7 Å². The highest BCUT2D eigenvalue weighted by molar-refractivity contribution is 7.22. The van der Waals surface area contributed by atoms with Gasteiger partial charge in [0.2, 0.25) is 5.91 Å². The van der Waals surface area contributed by atoms with Crippen molar-refractivity contribution < 1.29 is 14.3 Å². The summed E-state index contributed by atoms with van der Waals surface area (Å²) in [6.45, 7) is 5.24. The van der Waals surface area contributed by atoms with E-state index < -0.39 is 17.6 Å². The van der Waals surface area contributed by atoms with Gasteiger partial charge < -0.3 is 15.0 Å². The summed E-state index contributed by atoms with van der Waals surface area (Å²) in [6, 6.07) is 6.37. The molecule has 1 fully saturated rings. The lowest BCUT2D eigenvalue weighted by Gasteiger charge is -2.12. The molecule has 0 radical (unpaired) electrons. The monoisotopic (exact) mass is 471 g/mol. The molecule has 1 aromatic carbocycles. The molecular weight excluding hydrogens is 446 g/mol. The van der Waals surface area contributed by atoms with Crippen molar-refractivity contribution in [2.45, 2.75) is 39.8 Å². The van der Waals surface area contributed by atoms with Crippen LogP contribution in [0.25, 0.3) is 10.3 Å². The zero-order valence-electron chi connectivity index (χ0n) is 18.5. The molecule has 0 atom stereocenters. The molecule has 1 aliphatic heterocycles. The van der Waals surface area contributed by atoms with Crippen LogP contribution in [0.5, 0.6) is 0 Å². The first kappa shape index (κ1) is 22.7. The number of carbonyl (C=O) groups is 2. The maximum absolute atomic E-state index is 13.0. The minimum Gasteiger partial charge on any atom is -0.462 e. The number of hydrogen-bond donors (Lipinski definition) is 1. The van der Waals surface area contributed by atoms with Gasteiger partial charge in [0.25, 0.3) is 5.56 Å². The highest BCUT2D eigenvalue weighted by Crippen LogP contribution is 2.28. The van der Waals surface area contributed by atoms with Crippen LogP contribution in [0.15, 0.2) is 33.9 Å². The highest BCUT2D eigenvalue weighted by atomic mass is 32.1. The van der Waals surface area contributed by atoms with Gasteiger partial charge in [-0.3, -0.25) is 18.7 Å². The number of esters is 1. The van der Waals surface area contributed by atoms with Crippen LogP contribution in [0, 0.1) is 0 Å². The lowest BCUT2D eigenvalue weighted by molar-refractivity contribution is -0.116. The van der Waals surface area contributed by atoms with E-state index in [0.717, 1.165) is 30.5 Å². The average molecular weight is 472 g/mol. The molecule has 3 aromatic rings. The van der Waals surface area contributed by atoms with E-state index in [1.807, 2.05) is 0 Å². The third-order valence-corrected chi connectivity index (χ3v) is 6.50. The van der Waals surface area contributed by atoms with Gasteiger partial charge in [0.05, 0.1) is 12.2 Å². The Labute approximate surface area is 193 Å². The molecule has 0 unspecified atom stereocenters. The number of rotatable bonds is 7. The molecule has 11 heteroatoms. The first-order chi connectivity index (χ1) is 15.9. The number of hydrogen-bond acceptors (Lipinski definition) is 8. The molecular formula is C22H25N5O5S. The van der Waals surface area contributed by atoms with Gasteiger partial charge in [-0.1, -0.05) is 17.4 Å². The van der Waals surface area contributed by atoms with E-state index in [2.05, 4.69) is 15.2 Å². The molecule has 0 aliphatic carbocycles. The van der Waals surface area contributed by atoms with Crippen molar-refractivity contribution in [2.75, 3.05) is 29.9 Å². The van der Waals surface area contributed by atoms with E-state index in [4.69, 9.17) is 4.74 Å². The fourth-order valence-corrected chi connectivity index (χ4v) is 4.89. The summed E-state index contributed by atoms with van der Waals surface area (Å²) in [7, 11) is 0. The minimum absolute atomic E-state index is 0.188. The Morgan fingerprint density at radius 1 is 1.15 bits per heavy atom. The van der Waals surface area contributed by atoms with Crippen molar-refractivity contribution in [3.05, 3.63) is 50.7 Å². The Morgan fingerprint density at radius 2 is 1.91 bits per heavy atom. The van der Waals surface area contributed by atoms with Gasteiger partial charge in [0, 0.05) is 25.3 Å². The van der Waals surface area contributed by atoms with E-state index >= 15 is 0 Å². The first-order valence-electron chi connectivity index (χ1n) is 10.9. The number of fused-ring (bicyclic) bond motifs is 1. The van der Waals surface area contributed by atoms with Crippen LogP contribution in [-0.4, -0.2) is 45.7 Å².